The molecule has 4 aromatic rings. The lowest BCUT2D eigenvalue weighted by Gasteiger charge is -2.19. The minimum Gasteiger partial charge on any atom is -0.350 e. The average molecular weight is 507 g/mol. The van der Waals surface area contributed by atoms with Gasteiger partial charge < -0.3 is 9.88 Å². The first kappa shape index (κ1) is 26.0. The Morgan fingerprint density at radius 1 is 0.868 bits per heavy atom. The molecule has 1 heterocycles. The maximum Gasteiger partial charge on any atom is 0.251 e. The number of hydrogen-bond acceptors (Lipinski definition) is 2. The van der Waals surface area contributed by atoms with E-state index in [1.807, 2.05) is 36.0 Å². The lowest BCUT2D eigenvalue weighted by Crippen LogP contribution is -2.22. The van der Waals surface area contributed by atoms with Crippen molar-refractivity contribution >= 4 is 22.6 Å². The van der Waals surface area contributed by atoms with E-state index in [4.69, 9.17) is 0 Å². The molecule has 1 N–H and O–H groups in total. The largest absolute Gasteiger partial charge is 0.350 e. The fraction of sp³-hybridized carbons (Fsp3) is 0.353. The normalized spacial score (nSPS) is 14.5. The van der Waals surface area contributed by atoms with Crippen molar-refractivity contribution in [3.05, 3.63) is 95.2 Å². The van der Waals surface area contributed by atoms with E-state index in [9.17, 15) is 9.59 Å². The average Bonchev–Trinajstić information content (AvgIpc) is 3.27. The smallest absolute Gasteiger partial charge is 0.251 e. The number of ketones is 1. The summed E-state index contributed by atoms with van der Waals surface area (Å²) in [5.74, 6) is 0.195. The van der Waals surface area contributed by atoms with Crippen LogP contribution in [0.25, 0.3) is 22.0 Å². The number of rotatable bonds is 6. The fourth-order valence-electron chi connectivity index (χ4n) is 5.58. The van der Waals surface area contributed by atoms with Crippen LogP contribution in [0.5, 0.6) is 0 Å². The fourth-order valence-corrected chi connectivity index (χ4v) is 5.58. The number of Topliss-reactive ketones (excluding diaryl/α,β-unsaturated/α-hetero) is 1. The molecule has 4 heteroatoms. The Balaban J connectivity index is 1.27. The standard InChI is InChI=1S/C34H38N2O2/c1-34(2,3)28-17-14-25(15-18-28)24-12-10-23(11-13-24)21-35-33(38)27-16-19-31-29(20-27)30(22-36(31)4)32(37)26-8-6-5-7-9-26/h10-20,22,26H,5-9,21H2,1-4H3,(H,35,38). The summed E-state index contributed by atoms with van der Waals surface area (Å²) >= 11 is 0. The molecule has 0 atom stereocenters. The van der Waals surface area contributed by atoms with E-state index in [0.29, 0.717) is 12.1 Å². The van der Waals surface area contributed by atoms with Crippen LogP contribution in [0.15, 0.2) is 72.9 Å². The number of carbonyl (C=O) groups is 2. The van der Waals surface area contributed by atoms with Crippen molar-refractivity contribution in [1.29, 1.82) is 0 Å². The number of fused-ring (bicyclic) bond motifs is 1. The highest BCUT2D eigenvalue weighted by atomic mass is 16.1. The molecule has 1 fully saturated rings. The Kier molecular flexibility index (Phi) is 7.25. The van der Waals surface area contributed by atoms with Crippen molar-refractivity contribution < 1.29 is 9.59 Å². The highest BCUT2D eigenvalue weighted by Crippen LogP contribution is 2.31. The van der Waals surface area contributed by atoms with Crippen LogP contribution in [-0.2, 0) is 19.0 Å². The maximum atomic E-state index is 13.3. The highest BCUT2D eigenvalue weighted by molar-refractivity contribution is 6.10. The molecular weight excluding hydrogens is 468 g/mol. The number of nitrogens with one attached hydrogen (secondary N) is 1. The minimum absolute atomic E-state index is 0.103. The molecule has 4 nitrogen and oxygen atoms in total. The van der Waals surface area contributed by atoms with Gasteiger partial charge in [-0.2, -0.15) is 0 Å². The van der Waals surface area contributed by atoms with Crippen LogP contribution >= 0.6 is 0 Å². The lowest BCUT2D eigenvalue weighted by molar-refractivity contribution is 0.0889. The summed E-state index contributed by atoms with van der Waals surface area (Å²) in [5.41, 5.74) is 7.15. The second-order valence-corrected chi connectivity index (χ2v) is 11.8. The van der Waals surface area contributed by atoms with E-state index in [1.54, 1.807) is 0 Å². The number of benzene rings is 3. The molecule has 0 unspecified atom stereocenters. The third-order valence-electron chi connectivity index (χ3n) is 7.98. The summed E-state index contributed by atoms with van der Waals surface area (Å²) in [5, 5.41) is 3.92. The first-order chi connectivity index (χ1) is 18.2. The van der Waals surface area contributed by atoms with Crippen LogP contribution < -0.4 is 5.32 Å². The van der Waals surface area contributed by atoms with Crippen LogP contribution in [0.2, 0.25) is 0 Å². The SMILES string of the molecule is Cn1cc(C(=O)C2CCCCC2)c2cc(C(=O)NCc3ccc(-c4ccc(C(C)(C)C)cc4)cc3)ccc21. The Morgan fingerprint density at radius 2 is 1.50 bits per heavy atom. The van der Waals surface area contributed by atoms with E-state index >= 15 is 0 Å². The van der Waals surface area contributed by atoms with Crippen LogP contribution in [-0.4, -0.2) is 16.3 Å². The molecule has 0 spiro atoms. The molecule has 1 amide bonds. The molecule has 5 rings (SSSR count). The van der Waals surface area contributed by atoms with Crippen molar-refractivity contribution in [3.63, 3.8) is 0 Å². The van der Waals surface area contributed by atoms with Crippen molar-refractivity contribution in [1.82, 2.24) is 9.88 Å². The van der Waals surface area contributed by atoms with Gasteiger partial charge in [0.2, 0.25) is 0 Å². The second kappa shape index (κ2) is 10.6. The third-order valence-corrected chi connectivity index (χ3v) is 7.98. The number of amides is 1. The van der Waals surface area contributed by atoms with Gasteiger partial charge in [-0.15, -0.1) is 0 Å². The van der Waals surface area contributed by atoms with Gasteiger partial charge in [0.05, 0.1) is 0 Å². The first-order valence-electron chi connectivity index (χ1n) is 13.8. The summed E-state index contributed by atoms with van der Waals surface area (Å²) in [6.07, 6.45) is 7.34. The molecular formula is C34H38N2O2. The van der Waals surface area contributed by atoms with Crippen LogP contribution in [0, 0.1) is 5.92 Å². The number of aromatic nitrogens is 1. The Morgan fingerprint density at radius 3 is 2.13 bits per heavy atom. The predicted molar refractivity (Wildman–Crippen MR) is 156 cm³/mol. The molecule has 196 valence electrons. The first-order valence-corrected chi connectivity index (χ1v) is 13.8. The van der Waals surface area contributed by atoms with Crippen LogP contribution in [0.1, 0.15) is 84.7 Å². The topological polar surface area (TPSA) is 51.1 Å². The monoisotopic (exact) mass is 506 g/mol. The van der Waals surface area contributed by atoms with E-state index in [0.717, 1.165) is 53.3 Å². The Labute approximate surface area is 226 Å². The van der Waals surface area contributed by atoms with Gasteiger partial charge in [0.25, 0.3) is 5.91 Å². The van der Waals surface area contributed by atoms with E-state index in [-0.39, 0.29) is 23.0 Å². The molecule has 3 aromatic carbocycles. The minimum atomic E-state index is -0.131. The molecule has 38 heavy (non-hydrogen) atoms. The number of carbonyl (C=O) groups excluding carboxylic acids is 2. The summed E-state index contributed by atoms with van der Waals surface area (Å²) < 4.78 is 1.99. The van der Waals surface area contributed by atoms with Crippen molar-refractivity contribution in [2.75, 3.05) is 0 Å². The van der Waals surface area contributed by atoms with Gasteiger partial charge >= 0.3 is 0 Å². The van der Waals surface area contributed by atoms with Gasteiger partial charge in [-0.1, -0.05) is 88.6 Å². The quantitative estimate of drug-likeness (QED) is 0.271. The zero-order valence-electron chi connectivity index (χ0n) is 23.0. The van der Waals surface area contributed by atoms with E-state index in [1.165, 1.54) is 17.5 Å². The molecule has 0 saturated heterocycles. The van der Waals surface area contributed by atoms with Gasteiger partial charge in [-0.25, -0.2) is 0 Å². The molecule has 1 aliphatic rings. The van der Waals surface area contributed by atoms with E-state index < -0.39 is 0 Å². The zero-order valence-corrected chi connectivity index (χ0v) is 23.0. The number of nitrogens with zero attached hydrogens (tertiary/aromatic N) is 1. The molecule has 0 bridgehead atoms. The van der Waals surface area contributed by atoms with Gasteiger partial charge in [-0.05, 0) is 58.7 Å². The zero-order chi connectivity index (χ0) is 26.9. The van der Waals surface area contributed by atoms with E-state index in [2.05, 4.69) is 74.6 Å². The predicted octanol–water partition coefficient (Wildman–Crippen LogP) is 7.84. The Bertz CT molecular complexity index is 1450. The maximum absolute atomic E-state index is 13.3. The molecule has 1 aromatic heterocycles. The highest BCUT2D eigenvalue weighted by Gasteiger charge is 2.25. The number of hydrogen-bond donors (Lipinski definition) is 1. The van der Waals surface area contributed by atoms with Crippen LogP contribution in [0.3, 0.4) is 0 Å². The van der Waals surface area contributed by atoms with Crippen molar-refractivity contribution in [2.45, 2.75) is 64.8 Å². The van der Waals surface area contributed by atoms with Crippen LogP contribution in [0.4, 0.5) is 0 Å². The molecule has 1 aliphatic carbocycles. The number of aryl methyl sites for hydroxylation is 1. The van der Waals surface area contributed by atoms with Gasteiger partial charge in [0.15, 0.2) is 5.78 Å². The summed E-state index contributed by atoms with van der Waals surface area (Å²) in [4.78, 5) is 26.3. The second-order valence-electron chi connectivity index (χ2n) is 11.8. The molecule has 0 aliphatic heterocycles. The summed E-state index contributed by atoms with van der Waals surface area (Å²) in [6, 6.07) is 22.7. The third kappa shape index (κ3) is 5.45. The van der Waals surface area contributed by atoms with Gasteiger partial charge in [0, 0.05) is 47.7 Å². The van der Waals surface area contributed by atoms with Gasteiger partial charge in [-0.3, -0.25) is 9.59 Å². The van der Waals surface area contributed by atoms with Gasteiger partial charge in [0.1, 0.15) is 0 Å². The Hall–Kier alpha value is -3.66. The van der Waals surface area contributed by atoms with Crippen molar-refractivity contribution in [2.24, 2.45) is 13.0 Å². The summed E-state index contributed by atoms with van der Waals surface area (Å²) in [7, 11) is 1.96. The van der Waals surface area contributed by atoms with Crippen molar-refractivity contribution in [3.8, 4) is 11.1 Å². The molecule has 1 saturated carbocycles. The summed E-state index contributed by atoms with van der Waals surface area (Å²) in [6.45, 7) is 7.11. The molecule has 0 radical (unpaired) electrons. The lowest BCUT2D eigenvalue weighted by atomic mass is 9.84.